The van der Waals surface area contributed by atoms with Gasteiger partial charge in [-0.15, -0.1) is 11.3 Å². The van der Waals surface area contributed by atoms with E-state index in [0.29, 0.717) is 23.4 Å². The SMILES string of the molecule is CCN(C1=C(c2cccs2)C(=O)N(Cc2ccccc2F)C1=O)c1ccccc1. The molecule has 6 heteroatoms. The largest absolute Gasteiger partial charge is 0.337 e. The smallest absolute Gasteiger partial charge is 0.278 e. The Bertz CT molecular complexity index is 1080. The van der Waals surface area contributed by atoms with E-state index in [1.165, 1.54) is 17.4 Å². The minimum absolute atomic E-state index is 0.102. The second-order valence-corrected chi connectivity index (χ2v) is 7.52. The maximum atomic E-state index is 14.2. The standard InChI is InChI=1S/C23H19FN2O2S/c1-2-25(17-10-4-3-5-11-17)21-20(19-13-8-14-29-19)22(27)26(23(21)28)15-16-9-6-7-12-18(16)24/h3-14H,2,15H2,1H3. The first kappa shape index (κ1) is 19.1. The summed E-state index contributed by atoms with van der Waals surface area (Å²) in [5.74, 6) is -1.24. The number of likely N-dealkylation sites (N-methyl/N-ethyl adjacent to an activating group) is 1. The molecule has 0 aliphatic carbocycles. The summed E-state index contributed by atoms with van der Waals surface area (Å²) in [6, 6.07) is 19.4. The van der Waals surface area contributed by atoms with Gasteiger partial charge >= 0.3 is 0 Å². The summed E-state index contributed by atoms with van der Waals surface area (Å²) in [6.45, 7) is 2.35. The van der Waals surface area contributed by atoms with Crippen LogP contribution in [0.5, 0.6) is 0 Å². The third-order valence-electron chi connectivity index (χ3n) is 4.85. The molecule has 1 aromatic heterocycles. The van der Waals surface area contributed by atoms with Gasteiger partial charge in [-0.05, 0) is 36.6 Å². The fraction of sp³-hybridized carbons (Fsp3) is 0.130. The van der Waals surface area contributed by atoms with Crippen molar-refractivity contribution in [3.63, 3.8) is 0 Å². The van der Waals surface area contributed by atoms with Gasteiger partial charge in [-0.1, -0.05) is 42.5 Å². The summed E-state index contributed by atoms with van der Waals surface area (Å²) < 4.78 is 14.2. The molecule has 0 saturated carbocycles. The molecule has 0 saturated heterocycles. The molecule has 0 radical (unpaired) electrons. The summed E-state index contributed by atoms with van der Waals surface area (Å²) in [5.41, 5.74) is 1.84. The zero-order chi connectivity index (χ0) is 20.4. The number of carbonyl (C=O) groups excluding carboxylic acids is 2. The number of benzene rings is 2. The van der Waals surface area contributed by atoms with Crippen molar-refractivity contribution in [1.29, 1.82) is 0 Å². The van der Waals surface area contributed by atoms with E-state index in [2.05, 4.69) is 0 Å². The molecule has 29 heavy (non-hydrogen) atoms. The highest BCUT2D eigenvalue weighted by Crippen LogP contribution is 2.36. The molecule has 0 bridgehead atoms. The molecule has 0 spiro atoms. The lowest BCUT2D eigenvalue weighted by Gasteiger charge is -2.24. The van der Waals surface area contributed by atoms with Crippen molar-refractivity contribution in [2.24, 2.45) is 0 Å². The zero-order valence-corrected chi connectivity index (χ0v) is 16.7. The van der Waals surface area contributed by atoms with Crippen LogP contribution < -0.4 is 4.90 Å². The molecule has 0 N–H and O–H groups in total. The molecular weight excluding hydrogens is 387 g/mol. The van der Waals surface area contributed by atoms with Gasteiger partial charge in [0.15, 0.2) is 0 Å². The van der Waals surface area contributed by atoms with Gasteiger partial charge in [-0.3, -0.25) is 14.5 Å². The number of rotatable bonds is 6. The van der Waals surface area contributed by atoms with Crippen LogP contribution in [0.3, 0.4) is 0 Å². The van der Waals surface area contributed by atoms with Crippen molar-refractivity contribution in [2.45, 2.75) is 13.5 Å². The Morgan fingerprint density at radius 3 is 2.31 bits per heavy atom. The number of hydrogen-bond acceptors (Lipinski definition) is 4. The van der Waals surface area contributed by atoms with E-state index in [-0.39, 0.29) is 6.54 Å². The molecule has 0 atom stereocenters. The summed E-state index contributed by atoms with van der Waals surface area (Å²) in [5, 5.41) is 1.87. The minimum Gasteiger partial charge on any atom is -0.337 e. The van der Waals surface area contributed by atoms with Crippen LogP contribution >= 0.6 is 11.3 Å². The van der Waals surface area contributed by atoms with Gasteiger partial charge < -0.3 is 4.90 Å². The second-order valence-electron chi connectivity index (χ2n) is 6.57. The lowest BCUT2D eigenvalue weighted by molar-refractivity contribution is -0.137. The van der Waals surface area contributed by atoms with E-state index in [4.69, 9.17) is 0 Å². The highest BCUT2D eigenvalue weighted by atomic mass is 32.1. The first-order valence-electron chi connectivity index (χ1n) is 9.32. The van der Waals surface area contributed by atoms with Crippen LogP contribution in [-0.4, -0.2) is 23.3 Å². The molecule has 4 rings (SSSR count). The van der Waals surface area contributed by atoms with Crippen molar-refractivity contribution in [3.8, 4) is 0 Å². The molecular formula is C23H19FN2O2S. The maximum Gasteiger partial charge on any atom is 0.278 e. The predicted octanol–water partition coefficient (Wildman–Crippen LogP) is 4.69. The molecule has 1 aliphatic heterocycles. The van der Waals surface area contributed by atoms with Crippen LogP contribution in [0.2, 0.25) is 0 Å². The average molecular weight is 406 g/mol. The van der Waals surface area contributed by atoms with Gasteiger partial charge in [0.1, 0.15) is 11.5 Å². The van der Waals surface area contributed by atoms with Crippen molar-refractivity contribution in [2.75, 3.05) is 11.4 Å². The van der Waals surface area contributed by atoms with Gasteiger partial charge in [0, 0.05) is 22.7 Å². The van der Waals surface area contributed by atoms with E-state index in [1.807, 2.05) is 59.7 Å². The van der Waals surface area contributed by atoms with Crippen LogP contribution in [0, 0.1) is 5.82 Å². The first-order valence-corrected chi connectivity index (χ1v) is 10.2. The van der Waals surface area contributed by atoms with E-state index >= 15 is 0 Å². The number of para-hydroxylation sites is 1. The fourth-order valence-electron chi connectivity index (χ4n) is 3.47. The number of imide groups is 1. The van der Waals surface area contributed by atoms with Gasteiger partial charge in [0.2, 0.25) is 0 Å². The Balaban J connectivity index is 1.80. The number of halogens is 1. The van der Waals surface area contributed by atoms with Crippen molar-refractivity contribution in [3.05, 3.63) is 94.1 Å². The van der Waals surface area contributed by atoms with Crippen LogP contribution in [0.15, 0.2) is 77.8 Å². The van der Waals surface area contributed by atoms with Gasteiger partial charge in [-0.2, -0.15) is 0 Å². The van der Waals surface area contributed by atoms with Gasteiger partial charge in [-0.25, -0.2) is 4.39 Å². The average Bonchev–Trinajstić information content (AvgIpc) is 3.34. The highest BCUT2D eigenvalue weighted by Gasteiger charge is 2.42. The number of amides is 2. The third kappa shape index (κ3) is 3.47. The van der Waals surface area contributed by atoms with Crippen molar-refractivity contribution < 1.29 is 14.0 Å². The monoisotopic (exact) mass is 406 g/mol. The Labute approximate surface area is 172 Å². The molecule has 0 unspecified atom stereocenters. The Morgan fingerprint density at radius 1 is 0.931 bits per heavy atom. The quantitative estimate of drug-likeness (QED) is 0.558. The lowest BCUT2D eigenvalue weighted by atomic mass is 10.1. The van der Waals surface area contributed by atoms with Crippen LogP contribution in [0.1, 0.15) is 17.4 Å². The van der Waals surface area contributed by atoms with Crippen LogP contribution in [0.25, 0.3) is 5.57 Å². The van der Waals surface area contributed by atoms with Crippen molar-refractivity contribution >= 4 is 34.4 Å². The van der Waals surface area contributed by atoms with Gasteiger partial charge in [0.25, 0.3) is 11.8 Å². The van der Waals surface area contributed by atoms with Gasteiger partial charge in [0.05, 0.1) is 12.1 Å². The molecule has 2 aromatic carbocycles. The van der Waals surface area contributed by atoms with E-state index in [9.17, 15) is 14.0 Å². The highest BCUT2D eigenvalue weighted by molar-refractivity contribution is 7.11. The van der Waals surface area contributed by atoms with Crippen molar-refractivity contribution in [1.82, 2.24) is 4.90 Å². The number of thiophene rings is 1. The molecule has 146 valence electrons. The first-order chi connectivity index (χ1) is 14.1. The Kier molecular flexibility index (Phi) is 5.27. The number of nitrogens with zero attached hydrogens (tertiary/aromatic N) is 2. The normalized spacial score (nSPS) is 14.1. The molecule has 1 aliphatic rings. The zero-order valence-electron chi connectivity index (χ0n) is 15.8. The molecule has 3 aromatic rings. The number of carbonyl (C=O) groups is 2. The van der Waals surface area contributed by atoms with Crippen LogP contribution in [0.4, 0.5) is 10.1 Å². The molecule has 0 fully saturated rings. The summed E-state index contributed by atoms with van der Waals surface area (Å²) in [6.07, 6.45) is 0. The number of anilines is 1. The summed E-state index contributed by atoms with van der Waals surface area (Å²) in [7, 11) is 0. The Hall–Kier alpha value is -3.25. The third-order valence-corrected chi connectivity index (χ3v) is 5.74. The summed E-state index contributed by atoms with van der Waals surface area (Å²) >= 11 is 1.41. The second kappa shape index (κ2) is 8.01. The fourth-order valence-corrected chi connectivity index (χ4v) is 4.24. The molecule has 2 amide bonds. The lowest BCUT2D eigenvalue weighted by Crippen LogP contribution is -2.35. The van der Waals surface area contributed by atoms with Crippen LogP contribution in [-0.2, 0) is 16.1 Å². The maximum absolute atomic E-state index is 14.2. The van der Waals surface area contributed by atoms with E-state index < -0.39 is 17.6 Å². The van der Waals surface area contributed by atoms with E-state index in [1.54, 1.807) is 18.2 Å². The predicted molar refractivity (Wildman–Crippen MR) is 113 cm³/mol. The summed E-state index contributed by atoms with van der Waals surface area (Å²) in [4.78, 5) is 30.4. The topological polar surface area (TPSA) is 40.6 Å². The molecule has 4 nitrogen and oxygen atoms in total. The number of hydrogen-bond donors (Lipinski definition) is 0. The molecule has 2 heterocycles. The Morgan fingerprint density at radius 2 is 1.66 bits per heavy atom. The van der Waals surface area contributed by atoms with E-state index in [0.717, 1.165) is 15.5 Å². The minimum atomic E-state index is -0.436.